The highest BCUT2D eigenvalue weighted by Gasteiger charge is 2.15. The predicted octanol–water partition coefficient (Wildman–Crippen LogP) is 5.28. The number of aliphatic hydroxyl groups excluding tert-OH is 2. The van der Waals surface area contributed by atoms with E-state index in [1.54, 1.807) is 31.4 Å². The molecule has 0 amide bonds. The molecule has 0 aliphatic rings. The molecular formula is C24H23BrO4. The molecule has 29 heavy (non-hydrogen) atoms. The van der Waals surface area contributed by atoms with Crippen LogP contribution in [0.4, 0.5) is 0 Å². The van der Waals surface area contributed by atoms with Crippen LogP contribution in [-0.2, 0) is 13.2 Å². The van der Waals surface area contributed by atoms with Gasteiger partial charge < -0.3 is 19.7 Å². The van der Waals surface area contributed by atoms with Crippen molar-refractivity contribution in [2.45, 2.75) is 19.3 Å². The highest BCUT2D eigenvalue weighted by Crippen LogP contribution is 2.37. The second-order valence-corrected chi connectivity index (χ2v) is 7.31. The first-order valence-electron chi connectivity index (χ1n) is 9.21. The van der Waals surface area contributed by atoms with Crippen LogP contribution in [0.25, 0.3) is 6.08 Å². The van der Waals surface area contributed by atoms with Crippen LogP contribution in [0.3, 0.4) is 0 Å². The SMILES string of the molecule is COc1cc(C(O)/C=C/c2ccccc2CO)c(Br)cc1OCc1ccccc1. The number of hydrogen-bond acceptors (Lipinski definition) is 4. The molecule has 2 N–H and O–H groups in total. The number of methoxy groups -OCH3 is 1. The molecule has 0 saturated carbocycles. The van der Waals surface area contributed by atoms with Gasteiger partial charge in [-0.1, -0.05) is 82.7 Å². The van der Waals surface area contributed by atoms with Crippen molar-refractivity contribution in [3.63, 3.8) is 0 Å². The van der Waals surface area contributed by atoms with Gasteiger partial charge in [-0.15, -0.1) is 0 Å². The number of ether oxygens (including phenoxy) is 2. The summed E-state index contributed by atoms with van der Waals surface area (Å²) in [7, 11) is 1.57. The van der Waals surface area contributed by atoms with Crippen LogP contribution >= 0.6 is 15.9 Å². The van der Waals surface area contributed by atoms with E-state index in [1.165, 1.54) is 0 Å². The Bertz CT molecular complexity index is 970. The fraction of sp³-hybridized carbons (Fsp3) is 0.167. The van der Waals surface area contributed by atoms with E-state index in [9.17, 15) is 10.2 Å². The number of aliphatic hydroxyl groups is 2. The van der Waals surface area contributed by atoms with E-state index in [1.807, 2.05) is 54.6 Å². The summed E-state index contributed by atoms with van der Waals surface area (Å²) in [6.45, 7) is 0.366. The standard InChI is InChI=1S/C24H23BrO4/c1-28-23-13-20(22(27)12-11-18-9-5-6-10-19(18)15-26)21(25)14-24(23)29-16-17-7-3-2-4-8-17/h2-14,22,26-27H,15-16H2,1H3/b12-11+. The summed E-state index contributed by atoms with van der Waals surface area (Å²) in [5, 5.41) is 20.1. The fourth-order valence-electron chi connectivity index (χ4n) is 2.92. The van der Waals surface area contributed by atoms with Gasteiger partial charge in [0.2, 0.25) is 0 Å². The van der Waals surface area contributed by atoms with Gasteiger partial charge in [0.25, 0.3) is 0 Å². The van der Waals surface area contributed by atoms with Gasteiger partial charge in [-0.05, 0) is 28.8 Å². The number of hydrogen-bond donors (Lipinski definition) is 2. The van der Waals surface area contributed by atoms with Gasteiger partial charge in [-0.3, -0.25) is 0 Å². The van der Waals surface area contributed by atoms with Gasteiger partial charge in [0.15, 0.2) is 11.5 Å². The third-order valence-electron chi connectivity index (χ3n) is 4.52. The first-order chi connectivity index (χ1) is 14.1. The van der Waals surface area contributed by atoms with E-state index >= 15 is 0 Å². The summed E-state index contributed by atoms with van der Waals surface area (Å²) < 4.78 is 12.1. The minimum absolute atomic E-state index is 0.0540. The van der Waals surface area contributed by atoms with E-state index in [0.717, 1.165) is 16.7 Å². The Morgan fingerprint density at radius 1 is 1.00 bits per heavy atom. The van der Waals surface area contributed by atoms with Crippen molar-refractivity contribution in [3.8, 4) is 11.5 Å². The Balaban J connectivity index is 1.79. The molecule has 0 saturated heterocycles. The zero-order valence-corrected chi connectivity index (χ0v) is 17.7. The normalized spacial score (nSPS) is 12.1. The zero-order chi connectivity index (χ0) is 20.6. The summed E-state index contributed by atoms with van der Waals surface area (Å²) in [5.74, 6) is 1.14. The van der Waals surface area contributed by atoms with E-state index in [0.29, 0.717) is 28.1 Å². The molecule has 150 valence electrons. The zero-order valence-electron chi connectivity index (χ0n) is 16.1. The molecule has 0 spiro atoms. The van der Waals surface area contributed by atoms with E-state index < -0.39 is 6.10 Å². The molecule has 1 unspecified atom stereocenters. The molecule has 3 aromatic carbocycles. The van der Waals surface area contributed by atoms with Crippen LogP contribution in [-0.4, -0.2) is 17.3 Å². The molecule has 5 heteroatoms. The lowest BCUT2D eigenvalue weighted by molar-refractivity contribution is 0.227. The second kappa shape index (κ2) is 10.3. The molecule has 0 heterocycles. The average Bonchev–Trinajstić information content (AvgIpc) is 2.77. The summed E-state index contributed by atoms with van der Waals surface area (Å²) in [6.07, 6.45) is 2.63. The van der Waals surface area contributed by atoms with Crippen molar-refractivity contribution in [2.75, 3.05) is 7.11 Å². The van der Waals surface area contributed by atoms with Crippen molar-refractivity contribution in [2.24, 2.45) is 0 Å². The predicted molar refractivity (Wildman–Crippen MR) is 118 cm³/mol. The highest BCUT2D eigenvalue weighted by molar-refractivity contribution is 9.10. The Labute approximate surface area is 179 Å². The topological polar surface area (TPSA) is 58.9 Å². The van der Waals surface area contributed by atoms with Crippen molar-refractivity contribution in [1.82, 2.24) is 0 Å². The Morgan fingerprint density at radius 2 is 1.72 bits per heavy atom. The van der Waals surface area contributed by atoms with E-state index in [2.05, 4.69) is 15.9 Å². The molecule has 0 radical (unpaired) electrons. The monoisotopic (exact) mass is 454 g/mol. The average molecular weight is 455 g/mol. The van der Waals surface area contributed by atoms with Gasteiger partial charge in [-0.2, -0.15) is 0 Å². The summed E-state index contributed by atoms with van der Waals surface area (Å²) >= 11 is 3.52. The maximum absolute atomic E-state index is 10.7. The first kappa shape index (κ1) is 21.1. The smallest absolute Gasteiger partial charge is 0.162 e. The number of benzene rings is 3. The summed E-state index contributed by atoms with van der Waals surface area (Å²) in [4.78, 5) is 0. The van der Waals surface area contributed by atoms with Crippen LogP contribution in [0.1, 0.15) is 28.4 Å². The van der Waals surface area contributed by atoms with E-state index in [-0.39, 0.29) is 6.61 Å². The summed E-state index contributed by atoms with van der Waals surface area (Å²) in [5.41, 5.74) is 3.38. The third kappa shape index (κ3) is 5.48. The lowest BCUT2D eigenvalue weighted by Gasteiger charge is -2.16. The van der Waals surface area contributed by atoms with Crippen molar-refractivity contribution in [3.05, 3.63) is 99.5 Å². The Morgan fingerprint density at radius 3 is 2.45 bits per heavy atom. The van der Waals surface area contributed by atoms with Crippen LogP contribution in [0.5, 0.6) is 11.5 Å². The second-order valence-electron chi connectivity index (χ2n) is 6.46. The molecule has 0 bridgehead atoms. The lowest BCUT2D eigenvalue weighted by atomic mass is 10.0. The minimum Gasteiger partial charge on any atom is -0.493 e. The molecule has 0 aliphatic heterocycles. The highest BCUT2D eigenvalue weighted by atomic mass is 79.9. The molecular weight excluding hydrogens is 432 g/mol. The van der Waals surface area contributed by atoms with E-state index in [4.69, 9.17) is 9.47 Å². The fourth-order valence-corrected chi connectivity index (χ4v) is 3.48. The van der Waals surface area contributed by atoms with Gasteiger partial charge in [0.05, 0.1) is 19.8 Å². The molecule has 1 atom stereocenters. The van der Waals surface area contributed by atoms with Crippen LogP contribution in [0, 0.1) is 0 Å². The molecule has 0 fully saturated rings. The minimum atomic E-state index is -0.854. The summed E-state index contributed by atoms with van der Waals surface area (Å²) in [6, 6.07) is 21.0. The van der Waals surface area contributed by atoms with Gasteiger partial charge >= 0.3 is 0 Å². The largest absolute Gasteiger partial charge is 0.493 e. The van der Waals surface area contributed by atoms with Gasteiger partial charge in [0.1, 0.15) is 6.61 Å². The van der Waals surface area contributed by atoms with Crippen LogP contribution < -0.4 is 9.47 Å². The Hall–Kier alpha value is -2.60. The molecule has 3 rings (SSSR count). The third-order valence-corrected chi connectivity index (χ3v) is 5.21. The quantitative estimate of drug-likeness (QED) is 0.486. The first-order valence-corrected chi connectivity index (χ1v) is 10.0. The Kier molecular flexibility index (Phi) is 7.47. The van der Waals surface area contributed by atoms with Crippen molar-refractivity contribution < 1.29 is 19.7 Å². The van der Waals surface area contributed by atoms with Gasteiger partial charge in [-0.25, -0.2) is 0 Å². The molecule has 0 aliphatic carbocycles. The van der Waals surface area contributed by atoms with Crippen molar-refractivity contribution >= 4 is 22.0 Å². The lowest BCUT2D eigenvalue weighted by Crippen LogP contribution is -2.01. The van der Waals surface area contributed by atoms with Crippen molar-refractivity contribution in [1.29, 1.82) is 0 Å². The number of rotatable bonds is 8. The molecule has 0 aromatic heterocycles. The molecule has 3 aromatic rings. The number of halogens is 1. The van der Waals surface area contributed by atoms with Crippen LogP contribution in [0.2, 0.25) is 0 Å². The maximum atomic E-state index is 10.7. The molecule has 4 nitrogen and oxygen atoms in total. The van der Waals surface area contributed by atoms with Crippen LogP contribution in [0.15, 0.2) is 77.3 Å². The van der Waals surface area contributed by atoms with Gasteiger partial charge in [0, 0.05) is 10.0 Å². The maximum Gasteiger partial charge on any atom is 0.162 e.